The van der Waals surface area contributed by atoms with Crippen molar-refractivity contribution in [3.63, 3.8) is 0 Å². The summed E-state index contributed by atoms with van der Waals surface area (Å²) < 4.78 is 2.50. The molecule has 0 saturated carbocycles. The molecule has 2 aromatic rings. The quantitative estimate of drug-likeness (QED) is 0.910. The van der Waals surface area contributed by atoms with E-state index in [1.165, 1.54) is 0 Å². The van der Waals surface area contributed by atoms with Crippen LogP contribution in [-0.2, 0) is 7.05 Å². The minimum absolute atomic E-state index is 0.299. The molecule has 0 radical (unpaired) electrons. The molecule has 2 rings (SSSR count). The summed E-state index contributed by atoms with van der Waals surface area (Å²) in [5, 5.41) is 12.1. The van der Waals surface area contributed by atoms with E-state index in [0.29, 0.717) is 22.0 Å². The number of carbonyl (C=O) groups is 1. The van der Waals surface area contributed by atoms with Crippen molar-refractivity contribution in [2.75, 3.05) is 5.32 Å². The normalized spacial score (nSPS) is 10.0. The lowest BCUT2D eigenvalue weighted by Crippen LogP contribution is -2.16. The molecule has 0 spiro atoms. The average molecular weight is 339 g/mol. The fraction of sp³-hybridized carbons (Fsp3) is 0.0769. The van der Waals surface area contributed by atoms with Gasteiger partial charge in [-0.3, -0.25) is 4.79 Å². The molecule has 0 aliphatic rings. The second-order valence-corrected chi connectivity index (χ2v) is 5.26. The van der Waals surface area contributed by atoms with Gasteiger partial charge in [0.15, 0.2) is 0 Å². The van der Waals surface area contributed by atoms with Gasteiger partial charge < -0.3 is 9.88 Å². The number of aryl methyl sites for hydroxylation is 1. The molecule has 96 valence electrons. The molecule has 1 heterocycles. The molecule has 0 aliphatic carbocycles. The number of benzene rings is 1. The van der Waals surface area contributed by atoms with Crippen LogP contribution in [0.25, 0.3) is 0 Å². The molecular weight excluding hydrogens is 330 g/mol. The van der Waals surface area contributed by atoms with Crippen LogP contribution < -0.4 is 5.32 Å². The van der Waals surface area contributed by atoms with E-state index in [1.54, 1.807) is 42.1 Å². The van der Waals surface area contributed by atoms with Crippen molar-refractivity contribution >= 4 is 39.1 Å². The van der Waals surface area contributed by atoms with Gasteiger partial charge >= 0.3 is 0 Å². The molecule has 0 unspecified atom stereocenters. The first-order chi connectivity index (χ1) is 9.01. The van der Waals surface area contributed by atoms with E-state index in [-0.39, 0.29) is 5.91 Å². The Morgan fingerprint density at radius 2 is 2.21 bits per heavy atom. The molecule has 0 atom stereocenters. The van der Waals surface area contributed by atoms with Crippen LogP contribution in [0.1, 0.15) is 16.1 Å². The first-order valence-electron chi connectivity index (χ1n) is 5.34. The second kappa shape index (κ2) is 5.47. The first-order valence-corrected chi connectivity index (χ1v) is 6.51. The van der Waals surface area contributed by atoms with Gasteiger partial charge in [-0.05, 0) is 40.2 Å². The van der Waals surface area contributed by atoms with E-state index in [2.05, 4.69) is 21.2 Å². The zero-order chi connectivity index (χ0) is 14.0. The Kier molecular flexibility index (Phi) is 3.93. The van der Waals surface area contributed by atoms with Gasteiger partial charge in [0.25, 0.3) is 5.91 Å². The molecule has 1 amide bonds. The van der Waals surface area contributed by atoms with E-state index in [0.717, 1.165) is 4.47 Å². The van der Waals surface area contributed by atoms with Crippen LogP contribution in [-0.4, -0.2) is 10.5 Å². The summed E-state index contributed by atoms with van der Waals surface area (Å²) in [7, 11) is 1.77. The zero-order valence-electron chi connectivity index (χ0n) is 9.95. The standard InChI is InChI=1S/C13H9BrClN3O/c1-18-7-9(14)4-12(18)13(19)17-11-5-10(15)3-2-8(11)6-16/h2-5,7H,1H3,(H,17,19). The third kappa shape index (κ3) is 2.98. The predicted octanol–water partition coefficient (Wildman–Crippen LogP) is 3.56. The lowest BCUT2D eigenvalue weighted by molar-refractivity contribution is 0.101. The molecule has 0 aliphatic heterocycles. The Hall–Kier alpha value is -1.77. The van der Waals surface area contributed by atoms with Crippen LogP contribution in [0.15, 0.2) is 34.9 Å². The van der Waals surface area contributed by atoms with Gasteiger partial charge in [-0.15, -0.1) is 0 Å². The molecule has 0 saturated heterocycles. The maximum absolute atomic E-state index is 12.1. The van der Waals surface area contributed by atoms with Crippen LogP contribution in [0.4, 0.5) is 5.69 Å². The molecule has 1 N–H and O–H groups in total. The number of nitriles is 1. The summed E-state index contributed by atoms with van der Waals surface area (Å²) in [5.41, 5.74) is 1.25. The second-order valence-electron chi connectivity index (χ2n) is 3.91. The maximum Gasteiger partial charge on any atom is 0.272 e. The Bertz CT molecular complexity index is 688. The molecule has 19 heavy (non-hydrogen) atoms. The number of aromatic nitrogens is 1. The number of amides is 1. The van der Waals surface area contributed by atoms with E-state index >= 15 is 0 Å². The Morgan fingerprint density at radius 1 is 1.47 bits per heavy atom. The number of hydrogen-bond donors (Lipinski definition) is 1. The molecular formula is C13H9BrClN3O. The van der Waals surface area contributed by atoms with E-state index in [9.17, 15) is 4.79 Å². The molecule has 6 heteroatoms. The van der Waals surface area contributed by atoms with Crippen LogP contribution in [0.2, 0.25) is 5.02 Å². The van der Waals surface area contributed by atoms with Gasteiger partial charge in [0.05, 0.1) is 11.3 Å². The largest absolute Gasteiger partial charge is 0.345 e. The topological polar surface area (TPSA) is 57.8 Å². The third-order valence-corrected chi connectivity index (χ3v) is 3.22. The Morgan fingerprint density at radius 3 is 2.79 bits per heavy atom. The summed E-state index contributed by atoms with van der Waals surface area (Å²) in [6.07, 6.45) is 1.78. The summed E-state index contributed by atoms with van der Waals surface area (Å²) in [4.78, 5) is 12.1. The molecule has 1 aromatic heterocycles. The van der Waals surface area contributed by atoms with Crippen LogP contribution >= 0.6 is 27.5 Å². The van der Waals surface area contributed by atoms with Gasteiger partial charge in [-0.2, -0.15) is 5.26 Å². The minimum atomic E-state index is -0.299. The maximum atomic E-state index is 12.1. The van der Waals surface area contributed by atoms with Crippen LogP contribution in [0, 0.1) is 11.3 Å². The Balaban J connectivity index is 2.32. The fourth-order valence-corrected chi connectivity index (χ4v) is 2.35. The van der Waals surface area contributed by atoms with Gasteiger partial charge in [-0.1, -0.05) is 11.6 Å². The zero-order valence-corrected chi connectivity index (χ0v) is 12.3. The summed E-state index contributed by atoms with van der Waals surface area (Å²) in [6.45, 7) is 0. The van der Waals surface area contributed by atoms with Gasteiger partial charge in [0.2, 0.25) is 0 Å². The minimum Gasteiger partial charge on any atom is -0.345 e. The molecule has 4 nitrogen and oxygen atoms in total. The average Bonchev–Trinajstić information content (AvgIpc) is 2.69. The number of carbonyl (C=O) groups excluding carboxylic acids is 1. The van der Waals surface area contributed by atoms with E-state index < -0.39 is 0 Å². The lowest BCUT2D eigenvalue weighted by Gasteiger charge is -2.08. The van der Waals surface area contributed by atoms with E-state index in [1.807, 2.05) is 6.07 Å². The van der Waals surface area contributed by atoms with Crippen molar-refractivity contribution in [1.29, 1.82) is 5.26 Å². The number of anilines is 1. The van der Waals surface area contributed by atoms with Crippen molar-refractivity contribution in [3.05, 3.63) is 51.2 Å². The number of rotatable bonds is 2. The number of halogens is 2. The number of nitrogens with one attached hydrogen (secondary N) is 1. The van der Waals surface area contributed by atoms with Gasteiger partial charge in [-0.25, -0.2) is 0 Å². The van der Waals surface area contributed by atoms with Crippen LogP contribution in [0.5, 0.6) is 0 Å². The molecule has 0 fully saturated rings. The van der Waals surface area contributed by atoms with Crippen molar-refractivity contribution in [2.45, 2.75) is 0 Å². The highest BCUT2D eigenvalue weighted by atomic mass is 79.9. The van der Waals surface area contributed by atoms with E-state index in [4.69, 9.17) is 16.9 Å². The van der Waals surface area contributed by atoms with Crippen molar-refractivity contribution in [1.82, 2.24) is 4.57 Å². The van der Waals surface area contributed by atoms with Gasteiger partial charge in [0.1, 0.15) is 11.8 Å². The molecule has 1 aromatic carbocycles. The first kappa shape index (κ1) is 13.7. The highest BCUT2D eigenvalue weighted by Gasteiger charge is 2.13. The van der Waals surface area contributed by atoms with Crippen molar-refractivity contribution < 1.29 is 4.79 Å². The monoisotopic (exact) mass is 337 g/mol. The number of nitrogens with zero attached hydrogens (tertiary/aromatic N) is 2. The number of hydrogen-bond acceptors (Lipinski definition) is 2. The molecule has 0 bridgehead atoms. The Labute approximate surface area is 123 Å². The van der Waals surface area contributed by atoms with Crippen molar-refractivity contribution in [2.24, 2.45) is 7.05 Å². The third-order valence-electron chi connectivity index (χ3n) is 2.55. The smallest absolute Gasteiger partial charge is 0.272 e. The van der Waals surface area contributed by atoms with Crippen LogP contribution in [0.3, 0.4) is 0 Å². The summed E-state index contributed by atoms with van der Waals surface area (Å²) in [6, 6.07) is 8.44. The summed E-state index contributed by atoms with van der Waals surface area (Å²) >= 11 is 9.17. The highest BCUT2D eigenvalue weighted by Crippen LogP contribution is 2.22. The predicted molar refractivity (Wildman–Crippen MR) is 77.2 cm³/mol. The van der Waals surface area contributed by atoms with Crippen molar-refractivity contribution in [3.8, 4) is 6.07 Å². The lowest BCUT2D eigenvalue weighted by atomic mass is 10.2. The fourth-order valence-electron chi connectivity index (χ4n) is 1.65. The SMILES string of the molecule is Cn1cc(Br)cc1C(=O)Nc1cc(Cl)ccc1C#N. The highest BCUT2D eigenvalue weighted by molar-refractivity contribution is 9.10. The summed E-state index contributed by atoms with van der Waals surface area (Å²) in [5.74, 6) is -0.299. The van der Waals surface area contributed by atoms with Gasteiger partial charge in [0, 0.05) is 22.7 Å².